The van der Waals surface area contributed by atoms with Crippen molar-refractivity contribution < 1.29 is 13.4 Å². The molecule has 1 amide bonds. The Labute approximate surface area is 139 Å². The highest BCUT2D eigenvalue weighted by Crippen LogP contribution is 2.22. The third kappa shape index (κ3) is 5.03. The van der Waals surface area contributed by atoms with Gasteiger partial charge in [0.25, 0.3) is 0 Å². The Morgan fingerprint density at radius 3 is 2.70 bits per heavy atom. The van der Waals surface area contributed by atoms with Crippen molar-refractivity contribution in [2.24, 2.45) is 0 Å². The third-order valence-electron chi connectivity index (χ3n) is 3.52. The summed E-state index contributed by atoms with van der Waals surface area (Å²) in [6.07, 6.45) is 0.848. The van der Waals surface area contributed by atoms with Crippen molar-refractivity contribution in [3.05, 3.63) is 41.8 Å². The summed E-state index contributed by atoms with van der Waals surface area (Å²) in [5.41, 5.74) is 1.51. The molecule has 1 aromatic carbocycles. The van der Waals surface area contributed by atoms with Crippen molar-refractivity contribution in [3.63, 3.8) is 0 Å². The van der Waals surface area contributed by atoms with Crippen LogP contribution >= 0.6 is 0 Å². The van der Waals surface area contributed by atoms with Crippen LogP contribution in [0.5, 0.6) is 0 Å². The number of carbonyl (C=O) groups is 1. The number of nitrogens with zero attached hydrogens (tertiary/aromatic N) is 1. The first kappa shape index (κ1) is 17.4. The average Bonchev–Trinajstić information content (AvgIpc) is 2.88. The Balaban J connectivity index is 1.99. The molecule has 0 unspecified atom stereocenters. The lowest BCUT2D eigenvalue weighted by Gasteiger charge is -2.10. The maximum Gasteiger partial charge on any atom is 0.232 e. The van der Waals surface area contributed by atoms with Gasteiger partial charge in [0.15, 0.2) is 0 Å². The molecule has 124 valence electrons. The number of rotatable bonds is 7. The first-order chi connectivity index (χ1) is 11.0. The molecule has 2 rings (SSSR count). The average molecular weight is 334 g/mol. The molecule has 6 heteroatoms. The predicted octanol–water partition coefficient (Wildman–Crippen LogP) is 2.81. The SMILES string of the molecule is CC[C@@H](C)NC(=O)C[S@@](=O)Cc1nc(-c2ccccc2)oc1C. The van der Waals surface area contributed by atoms with E-state index in [-0.39, 0.29) is 23.5 Å². The fourth-order valence-electron chi connectivity index (χ4n) is 2.03. The molecule has 1 aromatic heterocycles. The summed E-state index contributed by atoms with van der Waals surface area (Å²) < 4.78 is 17.8. The van der Waals surface area contributed by atoms with E-state index in [0.717, 1.165) is 12.0 Å². The fourth-order valence-corrected chi connectivity index (χ4v) is 3.09. The highest BCUT2D eigenvalue weighted by Gasteiger charge is 2.16. The van der Waals surface area contributed by atoms with Crippen molar-refractivity contribution in [2.75, 3.05) is 5.75 Å². The standard InChI is InChI=1S/C17H22N2O3S/c1-4-12(2)18-16(20)11-23(21)10-15-13(3)22-17(19-15)14-8-6-5-7-9-14/h5-9,12H,4,10-11H2,1-3H3,(H,18,20)/t12-,23+/m1/s1. The maximum atomic E-state index is 12.2. The molecule has 1 heterocycles. The number of carbonyl (C=O) groups excluding carboxylic acids is 1. The topological polar surface area (TPSA) is 72.2 Å². The minimum atomic E-state index is -1.31. The van der Waals surface area contributed by atoms with Crippen molar-refractivity contribution in [1.29, 1.82) is 0 Å². The first-order valence-corrected chi connectivity index (χ1v) is 9.14. The summed E-state index contributed by atoms with van der Waals surface area (Å²) in [5, 5.41) is 2.82. The molecule has 0 saturated carbocycles. The molecule has 0 bridgehead atoms. The largest absolute Gasteiger partial charge is 0.441 e. The molecule has 23 heavy (non-hydrogen) atoms. The number of oxazole rings is 1. The Morgan fingerprint density at radius 1 is 1.35 bits per heavy atom. The van der Waals surface area contributed by atoms with Gasteiger partial charge in [0.1, 0.15) is 11.5 Å². The lowest BCUT2D eigenvalue weighted by molar-refractivity contribution is -0.119. The van der Waals surface area contributed by atoms with Crippen LogP contribution in [-0.2, 0) is 21.3 Å². The van der Waals surface area contributed by atoms with E-state index in [1.54, 1.807) is 6.92 Å². The Kier molecular flexibility index (Phi) is 6.10. The molecule has 0 spiro atoms. The maximum absolute atomic E-state index is 12.2. The smallest absolute Gasteiger partial charge is 0.232 e. The summed E-state index contributed by atoms with van der Waals surface area (Å²) in [6.45, 7) is 5.71. The van der Waals surface area contributed by atoms with Gasteiger partial charge in [0, 0.05) is 22.4 Å². The van der Waals surface area contributed by atoms with E-state index in [0.29, 0.717) is 17.3 Å². The lowest BCUT2D eigenvalue weighted by atomic mass is 10.2. The van der Waals surface area contributed by atoms with E-state index in [2.05, 4.69) is 10.3 Å². The Morgan fingerprint density at radius 2 is 2.04 bits per heavy atom. The van der Waals surface area contributed by atoms with Gasteiger partial charge in [-0.05, 0) is 32.4 Å². The highest BCUT2D eigenvalue weighted by molar-refractivity contribution is 7.84. The molecule has 0 saturated heterocycles. The molecule has 0 aliphatic carbocycles. The van der Waals surface area contributed by atoms with Gasteiger partial charge in [-0.1, -0.05) is 25.1 Å². The van der Waals surface area contributed by atoms with Crippen molar-refractivity contribution in [2.45, 2.75) is 39.0 Å². The summed E-state index contributed by atoms with van der Waals surface area (Å²) in [7, 11) is -1.31. The number of hydrogen-bond acceptors (Lipinski definition) is 4. The molecule has 0 radical (unpaired) electrons. The second-order valence-electron chi connectivity index (χ2n) is 5.49. The number of aromatic nitrogens is 1. The van der Waals surface area contributed by atoms with Gasteiger partial charge in [-0.2, -0.15) is 0 Å². The van der Waals surface area contributed by atoms with Crippen LogP contribution in [0.3, 0.4) is 0 Å². The molecular weight excluding hydrogens is 312 g/mol. The first-order valence-electron chi connectivity index (χ1n) is 7.65. The molecule has 0 aliphatic heterocycles. The lowest BCUT2D eigenvalue weighted by Crippen LogP contribution is -2.35. The third-order valence-corrected chi connectivity index (χ3v) is 4.70. The fraction of sp³-hybridized carbons (Fsp3) is 0.412. The second kappa shape index (κ2) is 8.06. The molecule has 0 aliphatic rings. The van der Waals surface area contributed by atoms with Crippen molar-refractivity contribution in [1.82, 2.24) is 10.3 Å². The van der Waals surface area contributed by atoms with Crippen LogP contribution in [0.25, 0.3) is 11.5 Å². The van der Waals surface area contributed by atoms with Gasteiger partial charge >= 0.3 is 0 Å². The summed E-state index contributed by atoms with van der Waals surface area (Å²) in [4.78, 5) is 16.2. The zero-order valence-corrected chi connectivity index (χ0v) is 14.5. The highest BCUT2D eigenvalue weighted by atomic mass is 32.2. The minimum absolute atomic E-state index is 0.0166. The molecule has 5 nitrogen and oxygen atoms in total. The van der Waals surface area contributed by atoms with Gasteiger partial charge in [0.2, 0.25) is 11.8 Å². The zero-order chi connectivity index (χ0) is 16.8. The van der Waals surface area contributed by atoms with Gasteiger partial charge in [-0.15, -0.1) is 0 Å². The van der Waals surface area contributed by atoms with Crippen LogP contribution < -0.4 is 5.32 Å². The quantitative estimate of drug-likeness (QED) is 0.845. The Hall–Kier alpha value is -1.95. The number of aryl methyl sites for hydroxylation is 1. The van der Waals surface area contributed by atoms with Gasteiger partial charge in [-0.25, -0.2) is 4.98 Å². The van der Waals surface area contributed by atoms with E-state index in [1.807, 2.05) is 44.2 Å². The number of amides is 1. The summed E-state index contributed by atoms with van der Waals surface area (Å²) in [5.74, 6) is 1.16. The molecule has 2 atom stereocenters. The van der Waals surface area contributed by atoms with Gasteiger partial charge < -0.3 is 9.73 Å². The van der Waals surface area contributed by atoms with E-state index in [1.165, 1.54) is 0 Å². The van der Waals surface area contributed by atoms with Crippen LogP contribution in [0.15, 0.2) is 34.7 Å². The number of benzene rings is 1. The van der Waals surface area contributed by atoms with Crippen LogP contribution in [0.2, 0.25) is 0 Å². The molecule has 2 aromatic rings. The van der Waals surface area contributed by atoms with Crippen LogP contribution in [0, 0.1) is 6.92 Å². The van der Waals surface area contributed by atoms with Crippen LogP contribution in [-0.4, -0.2) is 26.9 Å². The summed E-state index contributed by atoms with van der Waals surface area (Å²) >= 11 is 0. The predicted molar refractivity (Wildman–Crippen MR) is 91.3 cm³/mol. The number of hydrogen-bond donors (Lipinski definition) is 1. The second-order valence-corrected chi connectivity index (χ2v) is 6.95. The van der Waals surface area contributed by atoms with Crippen LogP contribution in [0.1, 0.15) is 31.7 Å². The summed E-state index contributed by atoms with van der Waals surface area (Å²) in [6, 6.07) is 9.65. The molecular formula is C17H22N2O3S. The van der Waals surface area contributed by atoms with E-state index in [9.17, 15) is 9.00 Å². The van der Waals surface area contributed by atoms with E-state index >= 15 is 0 Å². The van der Waals surface area contributed by atoms with Gasteiger partial charge in [0.05, 0.1) is 11.4 Å². The van der Waals surface area contributed by atoms with E-state index < -0.39 is 10.8 Å². The molecule has 1 N–H and O–H groups in total. The normalized spacial score (nSPS) is 13.5. The monoisotopic (exact) mass is 334 g/mol. The molecule has 0 fully saturated rings. The Bertz CT molecular complexity index is 682. The van der Waals surface area contributed by atoms with Crippen molar-refractivity contribution >= 4 is 16.7 Å². The van der Waals surface area contributed by atoms with Crippen molar-refractivity contribution in [3.8, 4) is 11.5 Å². The van der Waals surface area contributed by atoms with Crippen LogP contribution in [0.4, 0.5) is 0 Å². The zero-order valence-electron chi connectivity index (χ0n) is 13.7. The minimum Gasteiger partial charge on any atom is -0.441 e. The number of nitrogens with one attached hydrogen (secondary N) is 1. The van der Waals surface area contributed by atoms with E-state index in [4.69, 9.17) is 4.42 Å². The van der Waals surface area contributed by atoms with Gasteiger partial charge in [-0.3, -0.25) is 9.00 Å².